The van der Waals surface area contributed by atoms with E-state index in [4.69, 9.17) is 11.6 Å². The molecular weight excluding hydrogens is 232 g/mol. The summed E-state index contributed by atoms with van der Waals surface area (Å²) in [6.07, 6.45) is 1.49. The lowest BCUT2D eigenvalue weighted by molar-refractivity contribution is 0.972. The zero-order valence-electron chi connectivity index (χ0n) is 8.07. The summed E-state index contributed by atoms with van der Waals surface area (Å²) in [5.74, 6) is 0.804. The highest BCUT2D eigenvalue weighted by Gasteiger charge is 2.01. The average molecular weight is 241 g/mol. The maximum Gasteiger partial charge on any atom is 0.183 e. The van der Waals surface area contributed by atoms with Crippen LogP contribution in [0.25, 0.3) is 0 Å². The zero-order valence-corrected chi connectivity index (χ0v) is 9.64. The van der Waals surface area contributed by atoms with Gasteiger partial charge in [-0.05, 0) is 24.6 Å². The van der Waals surface area contributed by atoms with Crippen molar-refractivity contribution in [3.8, 4) is 0 Å². The van der Waals surface area contributed by atoms with E-state index in [0.29, 0.717) is 5.15 Å². The Kier molecular flexibility index (Phi) is 3.23. The molecule has 0 radical (unpaired) electrons. The van der Waals surface area contributed by atoms with Gasteiger partial charge in [-0.3, -0.25) is 5.10 Å². The van der Waals surface area contributed by atoms with E-state index in [1.165, 1.54) is 6.33 Å². The van der Waals surface area contributed by atoms with Gasteiger partial charge in [0.15, 0.2) is 5.16 Å². The number of aromatic nitrogens is 4. The van der Waals surface area contributed by atoms with Crippen LogP contribution >= 0.6 is 23.4 Å². The molecule has 6 heteroatoms. The lowest BCUT2D eigenvalue weighted by Crippen LogP contribution is -1.88. The molecule has 78 valence electrons. The van der Waals surface area contributed by atoms with Gasteiger partial charge in [-0.1, -0.05) is 23.4 Å². The molecule has 0 aromatic carbocycles. The maximum atomic E-state index is 5.85. The molecule has 0 aliphatic rings. The molecule has 2 rings (SSSR count). The number of rotatable bonds is 3. The van der Waals surface area contributed by atoms with Crippen molar-refractivity contribution in [3.63, 3.8) is 0 Å². The molecule has 4 nitrogen and oxygen atoms in total. The topological polar surface area (TPSA) is 54.5 Å². The van der Waals surface area contributed by atoms with Crippen LogP contribution < -0.4 is 0 Å². The Morgan fingerprint density at radius 3 is 3.00 bits per heavy atom. The molecule has 0 saturated carbocycles. The molecule has 0 atom stereocenters. The average Bonchev–Trinajstić information content (AvgIpc) is 2.65. The van der Waals surface area contributed by atoms with Crippen LogP contribution in [-0.2, 0) is 5.75 Å². The fourth-order valence-corrected chi connectivity index (χ4v) is 2.18. The van der Waals surface area contributed by atoms with Crippen LogP contribution in [0.1, 0.15) is 11.3 Å². The Bertz CT molecular complexity index is 423. The molecule has 2 aromatic heterocycles. The highest BCUT2D eigenvalue weighted by Crippen LogP contribution is 2.20. The summed E-state index contributed by atoms with van der Waals surface area (Å²) in [7, 11) is 0. The van der Waals surface area contributed by atoms with Crippen LogP contribution in [-0.4, -0.2) is 20.2 Å². The highest BCUT2D eigenvalue weighted by atomic mass is 35.5. The van der Waals surface area contributed by atoms with E-state index in [2.05, 4.69) is 20.2 Å². The first kappa shape index (κ1) is 10.4. The quantitative estimate of drug-likeness (QED) is 0.662. The third-order valence-corrected chi connectivity index (χ3v) is 2.89. The van der Waals surface area contributed by atoms with E-state index >= 15 is 0 Å². The second-order valence-corrected chi connectivity index (χ2v) is 4.37. The number of hydrogen-bond acceptors (Lipinski definition) is 4. The number of thioether (sulfide) groups is 1. The molecule has 0 bridgehead atoms. The number of aryl methyl sites for hydroxylation is 1. The summed E-state index contributed by atoms with van der Waals surface area (Å²) in [6.45, 7) is 1.93. The highest BCUT2D eigenvalue weighted by molar-refractivity contribution is 7.98. The van der Waals surface area contributed by atoms with E-state index in [1.54, 1.807) is 11.8 Å². The third kappa shape index (κ3) is 2.94. The minimum absolute atomic E-state index is 0.531. The molecule has 15 heavy (non-hydrogen) atoms. The third-order valence-electron chi connectivity index (χ3n) is 1.75. The van der Waals surface area contributed by atoms with E-state index < -0.39 is 0 Å². The van der Waals surface area contributed by atoms with Gasteiger partial charge in [-0.25, -0.2) is 9.97 Å². The second kappa shape index (κ2) is 4.63. The summed E-state index contributed by atoms with van der Waals surface area (Å²) >= 11 is 7.44. The van der Waals surface area contributed by atoms with Gasteiger partial charge in [0.1, 0.15) is 11.5 Å². The van der Waals surface area contributed by atoms with Crippen molar-refractivity contribution in [2.24, 2.45) is 0 Å². The Morgan fingerprint density at radius 2 is 2.33 bits per heavy atom. The zero-order chi connectivity index (χ0) is 10.7. The van der Waals surface area contributed by atoms with Crippen molar-refractivity contribution in [3.05, 3.63) is 34.9 Å². The molecule has 0 unspecified atom stereocenters. The predicted molar refractivity (Wildman–Crippen MR) is 59.9 cm³/mol. The lowest BCUT2D eigenvalue weighted by atomic mass is 10.2. The molecule has 0 spiro atoms. The van der Waals surface area contributed by atoms with Crippen LogP contribution in [0.3, 0.4) is 0 Å². The largest absolute Gasteiger partial charge is 0.254 e. The van der Waals surface area contributed by atoms with E-state index in [-0.39, 0.29) is 0 Å². The summed E-state index contributed by atoms with van der Waals surface area (Å²) < 4.78 is 0. The number of pyridine rings is 1. The van der Waals surface area contributed by atoms with E-state index in [0.717, 1.165) is 22.2 Å². The lowest BCUT2D eigenvalue weighted by Gasteiger charge is -2.01. The van der Waals surface area contributed by atoms with Gasteiger partial charge in [0, 0.05) is 11.4 Å². The van der Waals surface area contributed by atoms with Crippen LogP contribution in [0.4, 0.5) is 0 Å². The normalized spacial score (nSPS) is 10.5. The molecule has 0 fully saturated rings. The summed E-state index contributed by atoms with van der Waals surface area (Å²) in [6, 6.07) is 3.87. The minimum atomic E-state index is 0.531. The Morgan fingerprint density at radius 1 is 1.47 bits per heavy atom. The Hall–Kier alpha value is -1.07. The van der Waals surface area contributed by atoms with Crippen LogP contribution in [0, 0.1) is 6.92 Å². The molecular formula is C9H9ClN4S. The number of H-pyrrole nitrogens is 1. The van der Waals surface area contributed by atoms with Gasteiger partial charge in [-0.15, -0.1) is 0 Å². The van der Waals surface area contributed by atoms with Crippen LogP contribution in [0.5, 0.6) is 0 Å². The first-order chi connectivity index (χ1) is 7.24. The van der Waals surface area contributed by atoms with Crippen molar-refractivity contribution < 1.29 is 0 Å². The van der Waals surface area contributed by atoms with Crippen molar-refractivity contribution in [1.29, 1.82) is 0 Å². The van der Waals surface area contributed by atoms with Gasteiger partial charge in [0.2, 0.25) is 0 Å². The fraction of sp³-hybridized carbons (Fsp3) is 0.222. The SMILES string of the molecule is Cc1cc(CSc2ncn[nH]2)cc(Cl)n1. The Balaban J connectivity index is 2.05. The van der Waals surface area contributed by atoms with Gasteiger partial charge < -0.3 is 0 Å². The van der Waals surface area contributed by atoms with Gasteiger partial charge in [0.25, 0.3) is 0 Å². The van der Waals surface area contributed by atoms with Crippen molar-refractivity contribution in [1.82, 2.24) is 20.2 Å². The number of hydrogen-bond donors (Lipinski definition) is 1. The van der Waals surface area contributed by atoms with Crippen LogP contribution in [0.2, 0.25) is 5.15 Å². The number of halogens is 1. The monoisotopic (exact) mass is 240 g/mol. The number of aromatic amines is 1. The molecule has 0 aliphatic carbocycles. The van der Waals surface area contributed by atoms with E-state index in [9.17, 15) is 0 Å². The van der Waals surface area contributed by atoms with Crippen molar-refractivity contribution in [2.75, 3.05) is 0 Å². The van der Waals surface area contributed by atoms with Gasteiger partial charge >= 0.3 is 0 Å². The van der Waals surface area contributed by atoms with Gasteiger partial charge in [0.05, 0.1) is 0 Å². The molecule has 2 aromatic rings. The van der Waals surface area contributed by atoms with Crippen molar-refractivity contribution >= 4 is 23.4 Å². The summed E-state index contributed by atoms with van der Waals surface area (Å²) in [5.41, 5.74) is 2.06. The number of nitrogens with zero attached hydrogens (tertiary/aromatic N) is 3. The van der Waals surface area contributed by atoms with E-state index in [1.807, 2.05) is 19.1 Å². The predicted octanol–water partition coefficient (Wildman–Crippen LogP) is 2.45. The van der Waals surface area contributed by atoms with Crippen LogP contribution in [0.15, 0.2) is 23.6 Å². The second-order valence-electron chi connectivity index (χ2n) is 3.02. The molecule has 1 N–H and O–H groups in total. The van der Waals surface area contributed by atoms with Crippen molar-refractivity contribution in [2.45, 2.75) is 17.8 Å². The smallest absolute Gasteiger partial charge is 0.183 e. The molecule has 2 heterocycles. The molecule has 0 saturated heterocycles. The molecule has 0 amide bonds. The number of nitrogens with one attached hydrogen (secondary N) is 1. The fourth-order valence-electron chi connectivity index (χ4n) is 1.19. The first-order valence-electron chi connectivity index (χ1n) is 4.35. The Labute approximate surface area is 96.5 Å². The molecule has 0 aliphatic heterocycles. The first-order valence-corrected chi connectivity index (χ1v) is 5.71. The standard InChI is InChI=1S/C9H9ClN4S/c1-6-2-7(3-8(10)13-6)4-15-9-11-5-12-14-9/h2-3,5H,4H2,1H3,(H,11,12,14). The van der Waals surface area contributed by atoms with Gasteiger partial charge in [-0.2, -0.15) is 5.10 Å². The maximum absolute atomic E-state index is 5.85. The minimum Gasteiger partial charge on any atom is -0.254 e. The summed E-state index contributed by atoms with van der Waals surface area (Å²) in [4.78, 5) is 8.12. The summed E-state index contributed by atoms with van der Waals surface area (Å²) in [5, 5.41) is 7.90.